The van der Waals surface area contributed by atoms with E-state index in [-0.39, 0.29) is 11.6 Å². The minimum atomic E-state index is -4.60. The number of benzene rings is 1. The molecule has 0 saturated heterocycles. The van der Waals surface area contributed by atoms with Crippen LogP contribution >= 0.6 is 0 Å². The van der Waals surface area contributed by atoms with Crippen LogP contribution in [0.5, 0.6) is 5.75 Å². The Kier molecular flexibility index (Phi) is 4.15. The van der Waals surface area contributed by atoms with E-state index in [4.69, 9.17) is 10.5 Å². The summed E-state index contributed by atoms with van der Waals surface area (Å²) in [7, 11) is 0. The largest absolute Gasteiger partial charge is 0.492 e. The normalized spacial score (nSPS) is 16.9. The lowest BCUT2D eigenvalue weighted by molar-refractivity contribution is -0.141. The second-order valence-corrected chi connectivity index (χ2v) is 5.48. The van der Waals surface area contributed by atoms with Crippen LogP contribution in [0.2, 0.25) is 0 Å². The molecule has 1 amide bonds. The van der Waals surface area contributed by atoms with Crippen molar-refractivity contribution in [2.45, 2.75) is 18.6 Å². The second-order valence-electron chi connectivity index (χ2n) is 5.48. The summed E-state index contributed by atoms with van der Waals surface area (Å²) in [5, 5.41) is 2.55. The van der Waals surface area contributed by atoms with Gasteiger partial charge in [-0.15, -0.1) is 0 Å². The summed E-state index contributed by atoms with van der Waals surface area (Å²) < 4.78 is 43.5. The van der Waals surface area contributed by atoms with E-state index in [1.54, 1.807) is 18.2 Å². The Bertz CT molecular complexity index is 777. The third kappa shape index (κ3) is 3.48. The fourth-order valence-corrected chi connectivity index (χ4v) is 2.40. The Balaban J connectivity index is 1.78. The summed E-state index contributed by atoms with van der Waals surface area (Å²) in [5.74, 6) is -0.0458. The Labute approximate surface area is 135 Å². The molecule has 1 aromatic heterocycles. The van der Waals surface area contributed by atoms with E-state index < -0.39 is 17.8 Å². The molecular weight excluding hydrogens is 323 g/mol. The lowest BCUT2D eigenvalue weighted by Crippen LogP contribution is -2.33. The summed E-state index contributed by atoms with van der Waals surface area (Å²) in [6, 6.07) is 6.92. The van der Waals surface area contributed by atoms with Crippen LogP contribution in [-0.4, -0.2) is 23.5 Å². The molecule has 0 aliphatic carbocycles. The average Bonchev–Trinajstić information content (AvgIpc) is 2.54. The number of hydrogen-bond donors (Lipinski definition) is 2. The van der Waals surface area contributed by atoms with Crippen LogP contribution in [0.15, 0.2) is 36.5 Å². The first kappa shape index (κ1) is 16.3. The molecule has 24 heavy (non-hydrogen) atoms. The van der Waals surface area contributed by atoms with Gasteiger partial charge in [-0.3, -0.25) is 9.78 Å². The topological polar surface area (TPSA) is 77.2 Å². The maximum Gasteiger partial charge on any atom is 0.433 e. The van der Waals surface area contributed by atoms with Gasteiger partial charge in [0, 0.05) is 29.6 Å². The molecule has 0 radical (unpaired) electrons. The highest BCUT2D eigenvalue weighted by molar-refractivity contribution is 6.04. The molecule has 2 aromatic rings. The first-order chi connectivity index (χ1) is 11.3. The third-order valence-corrected chi connectivity index (χ3v) is 3.57. The van der Waals surface area contributed by atoms with E-state index in [1.807, 2.05) is 0 Å². The van der Waals surface area contributed by atoms with Gasteiger partial charge in [-0.1, -0.05) is 6.07 Å². The van der Waals surface area contributed by atoms with Crippen LogP contribution in [-0.2, 0) is 12.6 Å². The summed E-state index contributed by atoms with van der Waals surface area (Å²) in [5.41, 5.74) is 5.92. The van der Waals surface area contributed by atoms with Gasteiger partial charge in [0.25, 0.3) is 5.91 Å². The van der Waals surface area contributed by atoms with Crippen molar-refractivity contribution >= 4 is 11.6 Å². The van der Waals surface area contributed by atoms with Crippen molar-refractivity contribution in [3.63, 3.8) is 0 Å². The van der Waals surface area contributed by atoms with Gasteiger partial charge in [0.1, 0.15) is 18.1 Å². The zero-order valence-electron chi connectivity index (χ0n) is 12.4. The minimum absolute atomic E-state index is 0.0736. The molecule has 0 saturated carbocycles. The molecule has 0 unspecified atom stereocenters. The molecule has 2 heterocycles. The van der Waals surface area contributed by atoms with Crippen LogP contribution in [0, 0.1) is 0 Å². The first-order valence-corrected chi connectivity index (χ1v) is 7.19. The van der Waals surface area contributed by atoms with Crippen LogP contribution in [0.4, 0.5) is 18.9 Å². The molecule has 1 aromatic carbocycles. The van der Waals surface area contributed by atoms with E-state index in [1.165, 1.54) is 6.07 Å². The van der Waals surface area contributed by atoms with Gasteiger partial charge >= 0.3 is 6.18 Å². The molecular formula is C16H14F3N3O2. The smallest absolute Gasteiger partial charge is 0.433 e. The predicted octanol–water partition coefficient (Wildman–Crippen LogP) is 2.61. The van der Waals surface area contributed by atoms with Gasteiger partial charge < -0.3 is 15.8 Å². The van der Waals surface area contributed by atoms with Gasteiger partial charge in [-0.25, -0.2) is 0 Å². The SMILES string of the molecule is N[C@H]1COc2cc(NC(=O)c3ccnc(C(F)(F)F)c3)ccc2C1. The Morgan fingerprint density at radius 3 is 2.83 bits per heavy atom. The molecule has 8 heteroatoms. The van der Waals surface area contributed by atoms with Crippen molar-refractivity contribution in [1.82, 2.24) is 4.98 Å². The maximum atomic E-state index is 12.7. The van der Waals surface area contributed by atoms with E-state index in [0.717, 1.165) is 11.8 Å². The molecule has 1 aliphatic heterocycles. The van der Waals surface area contributed by atoms with Crippen molar-refractivity contribution in [3.05, 3.63) is 53.3 Å². The number of anilines is 1. The van der Waals surface area contributed by atoms with Crippen LogP contribution in [0.25, 0.3) is 0 Å². The van der Waals surface area contributed by atoms with E-state index >= 15 is 0 Å². The zero-order chi connectivity index (χ0) is 17.3. The van der Waals surface area contributed by atoms with Gasteiger partial charge in [-0.2, -0.15) is 13.2 Å². The molecule has 0 bridgehead atoms. The fraction of sp³-hybridized carbons (Fsp3) is 0.250. The number of fused-ring (bicyclic) bond motifs is 1. The number of nitrogens with one attached hydrogen (secondary N) is 1. The maximum absolute atomic E-state index is 12.7. The number of halogens is 3. The highest BCUT2D eigenvalue weighted by atomic mass is 19.4. The molecule has 126 valence electrons. The Hall–Kier alpha value is -2.61. The highest BCUT2D eigenvalue weighted by Crippen LogP contribution is 2.29. The van der Waals surface area contributed by atoms with Crippen molar-refractivity contribution in [3.8, 4) is 5.75 Å². The molecule has 0 fully saturated rings. The lowest BCUT2D eigenvalue weighted by atomic mass is 10.0. The predicted molar refractivity (Wildman–Crippen MR) is 80.8 cm³/mol. The molecule has 1 atom stereocenters. The van der Waals surface area contributed by atoms with E-state index in [9.17, 15) is 18.0 Å². The van der Waals surface area contributed by atoms with Crippen LogP contribution < -0.4 is 15.8 Å². The number of pyridine rings is 1. The highest BCUT2D eigenvalue weighted by Gasteiger charge is 2.33. The van der Waals surface area contributed by atoms with Gasteiger partial charge in [0.05, 0.1) is 0 Å². The number of carbonyl (C=O) groups is 1. The first-order valence-electron chi connectivity index (χ1n) is 7.19. The quantitative estimate of drug-likeness (QED) is 0.883. The average molecular weight is 337 g/mol. The van der Waals surface area contributed by atoms with Gasteiger partial charge in [0.15, 0.2) is 0 Å². The monoisotopic (exact) mass is 337 g/mol. The van der Waals surface area contributed by atoms with Gasteiger partial charge in [-0.05, 0) is 30.2 Å². The molecule has 3 rings (SSSR count). The van der Waals surface area contributed by atoms with Crippen LogP contribution in [0.3, 0.4) is 0 Å². The molecule has 5 nitrogen and oxygen atoms in total. The standard InChI is InChI=1S/C16H14F3N3O2/c17-16(18,19)14-6-10(3-4-21-14)15(23)22-12-2-1-9-5-11(20)8-24-13(9)7-12/h1-4,6-7,11H,5,8,20H2,(H,22,23)/t11-/m1/s1. The third-order valence-electron chi connectivity index (χ3n) is 3.57. The number of nitrogens with two attached hydrogens (primary N) is 1. The number of aromatic nitrogens is 1. The van der Waals surface area contributed by atoms with Crippen molar-refractivity contribution in [1.29, 1.82) is 0 Å². The number of amides is 1. The van der Waals surface area contributed by atoms with Crippen molar-refractivity contribution in [2.24, 2.45) is 5.73 Å². The second kappa shape index (κ2) is 6.12. The fourth-order valence-electron chi connectivity index (χ4n) is 2.40. The van der Waals surface area contributed by atoms with Crippen molar-refractivity contribution in [2.75, 3.05) is 11.9 Å². The van der Waals surface area contributed by atoms with Crippen molar-refractivity contribution < 1.29 is 22.7 Å². The lowest BCUT2D eigenvalue weighted by Gasteiger charge is -2.23. The van der Waals surface area contributed by atoms with E-state index in [0.29, 0.717) is 30.5 Å². The molecule has 3 N–H and O–H groups in total. The number of hydrogen-bond acceptors (Lipinski definition) is 4. The number of carbonyl (C=O) groups excluding carboxylic acids is 1. The summed E-state index contributed by atoms with van der Waals surface area (Å²) in [6.45, 7) is 0.379. The number of rotatable bonds is 2. The molecule has 1 aliphatic rings. The number of ether oxygens (including phenoxy) is 1. The van der Waals surface area contributed by atoms with Gasteiger partial charge in [0.2, 0.25) is 0 Å². The number of alkyl halides is 3. The summed E-state index contributed by atoms with van der Waals surface area (Å²) in [4.78, 5) is 15.4. The minimum Gasteiger partial charge on any atom is -0.492 e. The van der Waals surface area contributed by atoms with E-state index in [2.05, 4.69) is 10.3 Å². The Morgan fingerprint density at radius 1 is 1.29 bits per heavy atom. The molecule has 0 spiro atoms. The Morgan fingerprint density at radius 2 is 2.08 bits per heavy atom. The summed E-state index contributed by atoms with van der Waals surface area (Å²) >= 11 is 0. The zero-order valence-corrected chi connectivity index (χ0v) is 12.4. The number of nitrogens with zero attached hydrogens (tertiary/aromatic N) is 1. The van der Waals surface area contributed by atoms with Crippen LogP contribution in [0.1, 0.15) is 21.6 Å². The summed E-state index contributed by atoms with van der Waals surface area (Å²) in [6.07, 6.45) is -2.98.